The number of hydrogen-bond acceptors (Lipinski definition) is 5. The van der Waals surface area contributed by atoms with Crippen LogP contribution in [-0.2, 0) is 0 Å². The van der Waals surface area contributed by atoms with Gasteiger partial charge in [0.25, 0.3) is 0 Å². The number of pyridine rings is 1. The summed E-state index contributed by atoms with van der Waals surface area (Å²) in [5, 5.41) is 20.1. The number of nitro benzene ring substituents is 1. The third kappa shape index (κ3) is 2.81. The highest BCUT2D eigenvalue weighted by Crippen LogP contribution is 2.38. The molecule has 0 unspecified atom stereocenters. The largest absolute Gasteiger partial charge is 0.490 e. The van der Waals surface area contributed by atoms with Crippen molar-refractivity contribution in [1.82, 2.24) is 4.98 Å². The number of nitrogens with zero attached hydrogens (tertiary/aromatic N) is 2. The van der Waals surface area contributed by atoms with E-state index < -0.39 is 10.9 Å². The molecule has 0 spiro atoms. The van der Waals surface area contributed by atoms with Crippen molar-refractivity contribution in [3.63, 3.8) is 0 Å². The van der Waals surface area contributed by atoms with Crippen molar-refractivity contribution in [2.75, 3.05) is 7.11 Å². The number of aryl methyl sites for hydroxylation is 1. The molecule has 0 saturated carbocycles. The zero-order valence-corrected chi connectivity index (χ0v) is 11.4. The predicted molar refractivity (Wildman–Crippen MR) is 74.6 cm³/mol. The monoisotopic (exact) mass is 288 g/mol. The average Bonchev–Trinajstić information content (AvgIpc) is 2.46. The van der Waals surface area contributed by atoms with Crippen LogP contribution in [0, 0.1) is 17.0 Å². The van der Waals surface area contributed by atoms with E-state index in [9.17, 15) is 14.9 Å². The third-order valence-electron chi connectivity index (χ3n) is 2.91. The number of methoxy groups -OCH3 is 1. The van der Waals surface area contributed by atoms with E-state index in [1.807, 2.05) is 0 Å². The molecule has 0 fully saturated rings. The molecule has 1 aromatic heterocycles. The molecule has 0 aliphatic heterocycles. The maximum absolute atomic E-state index is 11.1. The van der Waals surface area contributed by atoms with Crippen LogP contribution >= 0.6 is 0 Å². The molecular formula is C14H12N2O5. The maximum atomic E-state index is 11.1. The number of nitro groups is 1. The summed E-state index contributed by atoms with van der Waals surface area (Å²) in [6, 6.07) is 4.49. The summed E-state index contributed by atoms with van der Waals surface area (Å²) in [7, 11) is 1.33. The van der Waals surface area contributed by atoms with E-state index in [4.69, 9.17) is 9.84 Å². The molecule has 0 saturated heterocycles. The minimum atomic E-state index is -1.12. The highest BCUT2D eigenvalue weighted by atomic mass is 16.6. The van der Waals surface area contributed by atoms with Gasteiger partial charge in [0.2, 0.25) is 5.75 Å². The molecule has 0 bridgehead atoms. The molecule has 0 amide bonds. The smallest absolute Gasteiger partial charge is 0.337 e. The summed E-state index contributed by atoms with van der Waals surface area (Å²) in [5.74, 6) is -1.04. The van der Waals surface area contributed by atoms with Gasteiger partial charge in [0.1, 0.15) is 0 Å². The molecule has 1 aromatic carbocycles. The lowest BCUT2D eigenvalue weighted by molar-refractivity contribution is -0.385. The van der Waals surface area contributed by atoms with Gasteiger partial charge in [0.05, 0.1) is 17.6 Å². The Morgan fingerprint density at radius 3 is 2.62 bits per heavy atom. The first kappa shape index (κ1) is 14.4. The van der Waals surface area contributed by atoms with Gasteiger partial charge in [0.15, 0.2) is 0 Å². The van der Waals surface area contributed by atoms with E-state index in [-0.39, 0.29) is 17.0 Å². The lowest BCUT2D eigenvalue weighted by atomic mass is 10.0. The summed E-state index contributed by atoms with van der Waals surface area (Å²) in [6.07, 6.45) is 2.65. The first-order valence-electron chi connectivity index (χ1n) is 5.95. The molecule has 7 heteroatoms. The molecule has 7 nitrogen and oxygen atoms in total. The standard InChI is InChI=1S/C14H12N2O5/c1-8-3-11(13(21-2)12(4-8)16(19)20)9-5-10(14(17)18)7-15-6-9/h3-7H,1-2H3,(H,17,18). The van der Waals surface area contributed by atoms with Gasteiger partial charge in [-0.3, -0.25) is 15.1 Å². The molecule has 2 aromatic rings. The third-order valence-corrected chi connectivity index (χ3v) is 2.91. The van der Waals surface area contributed by atoms with Crippen molar-refractivity contribution in [1.29, 1.82) is 0 Å². The highest BCUT2D eigenvalue weighted by Gasteiger charge is 2.21. The Hall–Kier alpha value is -2.96. The van der Waals surface area contributed by atoms with E-state index in [1.54, 1.807) is 13.0 Å². The van der Waals surface area contributed by atoms with Crippen molar-refractivity contribution in [2.24, 2.45) is 0 Å². The van der Waals surface area contributed by atoms with Crippen LogP contribution in [0.3, 0.4) is 0 Å². The second-order valence-electron chi connectivity index (χ2n) is 4.39. The van der Waals surface area contributed by atoms with Crippen molar-refractivity contribution in [2.45, 2.75) is 6.92 Å². The van der Waals surface area contributed by atoms with Gasteiger partial charge in [-0.25, -0.2) is 4.79 Å². The lowest BCUT2D eigenvalue weighted by Gasteiger charge is -2.10. The minimum Gasteiger partial charge on any atom is -0.490 e. The molecule has 0 aliphatic rings. The van der Waals surface area contributed by atoms with Crippen molar-refractivity contribution in [3.8, 4) is 16.9 Å². The lowest BCUT2D eigenvalue weighted by Crippen LogP contribution is -2.00. The van der Waals surface area contributed by atoms with Crippen LogP contribution in [0.15, 0.2) is 30.6 Å². The van der Waals surface area contributed by atoms with Crippen LogP contribution in [-0.4, -0.2) is 28.1 Å². The number of hydrogen-bond donors (Lipinski definition) is 1. The molecule has 108 valence electrons. The number of ether oxygens (including phenoxy) is 1. The van der Waals surface area contributed by atoms with Gasteiger partial charge < -0.3 is 9.84 Å². The van der Waals surface area contributed by atoms with Gasteiger partial charge in [-0.1, -0.05) is 0 Å². The Morgan fingerprint density at radius 2 is 2.05 bits per heavy atom. The van der Waals surface area contributed by atoms with Crippen molar-refractivity contribution in [3.05, 3.63) is 51.8 Å². The predicted octanol–water partition coefficient (Wildman–Crippen LogP) is 2.67. The Labute approximate surface area is 120 Å². The Kier molecular flexibility index (Phi) is 3.84. The molecule has 0 atom stereocenters. The van der Waals surface area contributed by atoms with E-state index in [2.05, 4.69) is 4.98 Å². The number of benzene rings is 1. The normalized spacial score (nSPS) is 10.2. The first-order valence-corrected chi connectivity index (χ1v) is 5.95. The van der Waals surface area contributed by atoms with E-state index in [0.29, 0.717) is 16.7 Å². The zero-order valence-electron chi connectivity index (χ0n) is 11.4. The number of aromatic carboxylic acids is 1. The van der Waals surface area contributed by atoms with Gasteiger partial charge in [-0.05, 0) is 24.6 Å². The Bertz CT molecular complexity index is 727. The van der Waals surface area contributed by atoms with Gasteiger partial charge in [-0.15, -0.1) is 0 Å². The second-order valence-corrected chi connectivity index (χ2v) is 4.39. The summed E-state index contributed by atoms with van der Waals surface area (Å²) in [6.45, 7) is 1.71. The second kappa shape index (κ2) is 5.58. The van der Waals surface area contributed by atoms with Crippen molar-refractivity contribution < 1.29 is 19.6 Å². The average molecular weight is 288 g/mol. The fourth-order valence-corrected chi connectivity index (χ4v) is 2.02. The fourth-order valence-electron chi connectivity index (χ4n) is 2.02. The van der Waals surface area contributed by atoms with E-state index in [0.717, 1.165) is 0 Å². The topological polar surface area (TPSA) is 103 Å². The number of carboxylic acids is 1. The Morgan fingerprint density at radius 1 is 1.33 bits per heavy atom. The fraction of sp³-hybridized carbons (Fsp3) is 0.143. The van der Waals surface area contributed by atoms with Crippen LogP contribution in [0.4, 0.5) is 5.69 Å². The van der Waals surface area contributed by atoms with Crippen LogP contribution in [0.25, 0.3) is 11.1 Å². The van der Waals surface area contributed by atoms with E-state index in [1.165, 1.54) is 31.6 Å². The maximum Gasteiger partial charge on any atom is 0.337 e. The van der Waals surface area contributed by atoms with Crippen molar-refractivity contribution >= 4 is 11.7 Å². The molecule has 21 heavy (non-hydrogen) atoms. The molecular weight excluding hydrogens is 276 g/mol. The van der Waals surface area contributed by atoms with E-state index >= 15 is 0 Å². The van der Waals surface area contributed by atoms with Crippen LogP contribution in [0.5, 0.6) is 5.75 Å². The SMILES string of the molecule is COc1c(-c2cncc(C(=O)O)c2)cc(C)cc1[N+](=O)[O-]. The molecule has 0 radical (unpaired) electrons. The Balaban J connectivity index is 2.71. The number of rotatable bonds is 4. The summed E-state index contributed by atoms with van der Waals surface area (Å²) in [4.78, 5) is 25.4. The number of aromatic nitrogens is 1. The van der Waals surface area contributed by atoms with Gasteiger partial charge in [0, 0.05) is 29.6 Å². The summed E-state index contributed by atoms with van der Waals surface area (Å²) >= 11 is 0. The summed E-state index contributed by atoms with van der Waals surface area (Å²) in [5.41, 5.74) is 1.36. The molecule has 2 rings (SSSR count). The number of carbonyl (C=O) groups is 1. The first-order chi connectivity index (χ1) is 9.93. The molecule has 1 heterocycles. The van der Waals surface area contributed by atoms with Gasteiger partial charge in [-0.2, -0.15) is 0 Å². The quantitative estimate of drug-likeness (QED) is 0.685. The molecule has 0 aliphatic carbocycles. The zero-order chi connectivity index (χ0) is 15.6. The highest BCUT2D eigenvalue weighted by molar-refractivity contribution is 5.89. The molecule has 1 N–H and O–H groups in total. The van der Waals surface area contributed by atoms with Crippen LogP contribution < -0.4 is 4.74 Å². The number of carboxylic acid groups (broad SMARTS) is 1. The van der Waals surface area contributed by atoms with Crippen LogP contribution in [0.1, 0.15) is 15.9 Å². The summed E-state index contributed by atoms with van der Waals surface area (Å²) < 4.78 is 5.13. The van der Waals surface area contributed by atoms with Crippen LogP contribution in [0.2, 0.25) is 0 Å². The van der Waals surface area contributed by atoms with Gasteiger partial charge >= 0.3 is 11.7 Å². The minimum absolute atomic E-state index is 0.00119.